The summed E-state index contributed by atoms with van der Waals surface area (Å²) < 4.78 is 0. The largest absolute Gasteiger partial charge is 0.0955 e. The Morgan fingerprint density at radius 1 is 1.50 bits per heavy atom. The molecule has 0 heterocycles. The van der Waals surface area contributed by atoms with Gasteiger partial charge in [-0.2, -0.15) is 0 Å². The molecule has 0 heteroatoms. The van der Waals surface area contributed by atoms with Crippen LogP contribution in [0.2, 0.25) is 0 Å². The van der Waals surface area contributed by atoms with E-state index in [9.17, 15) is 0 Å². The van der Waals surface area contributed by atoms with Crippen LogP contribution < -0.4 is 0 Å². The van der Waals surface area contributed by atoms with Gasteiger partial charge in [-0.1, -0.05) is 37.3 Å². The molecule has 0 aliphatic heterocycles. The average Bonchev–Trinajstić information content (AvgIpc) is 1.89. The van der Waals surface area contributed by atoms with Gasteiger partial charge in [0.25, 0.3) is 0 Å². The van der Waals surface area contributed by atoms with Crippen molar-refractivity contribution in [1.82, 2.24) is 0 Å². The fraction of sp³-hybridized carbons (Fsp3) is 0.400. The normalized spacial score (nSPS) is 12.5. The van der Waals surface area contributed by atoms with Crippen LogP contribution >= 0.6 is 0 Å². The molecule has 0 aliphatic rings. The minimum atomic E-state index is 1.09. The summed E-state index contributed by atoms with van der Waals surface area (Å²) in [6, 6.07) is 0. The molecule has 0 saturated carbocycles. The Kier molecular flexibility index (Phi) is 4.65. The maximum Gasteiger partial charge on any atom is -0.0279 e. The zero-order valence-electron chi connectivity index (χ0n) is 7.15. The van der Waals surface area contributed by atoms with Crippen LogP contribution in [-0.2, 0) is 0 Å². The summed E-state index contributed by atoms with van der Waals surface area (Å²) in [6.07, 6.45) is 7.42. The van der Waals surface area contributed by atoms with Gasteiger partial charge in [0.2, 0.25) is 0 Å². The number of rotatable bonds is 3. The molecule has 0 amide bonds. The molecular formula is C10H16. The highest BCUT2D eigenvalue weighted by Crippen LogP contribution is 2.07. The van der Waals surface area contributed by atoms with E-state index in [1.165, 1.54) is 5.57 Å². The molecule has 0 aromatic heterocycles. The molecule has 0 N–H and O–H groups in total. The third-order valence-electron chi connectivity index (χ3n) is 1.34. The monoisotopic (exact) mass is 136 g/mol. The van der Waals surface area contributed by atoms with Crippen LogP contribution in [0, 0.1) is 0 Å². The van der Waals surface area contributed by atoms with Gasteiger partial charge >= 0.3 is 0 Å². The molecule has 10 heavy (non-hydrogen) atoms. The summed E-state index contributed by atoms with van der Waals surface area (Å²) >= 11 is 0. The third-order valence-corrected chi connectivity index (χ3v) is 1.34. The predicted octanol–water partition coefficient (Wildman–Crippen LogP) is 3.48. The Balaban J connectivity index is 4.12. The highest BCUT2D eigenvalue weighted by atomic mass is 13.9. The first-order valence-electron chi connectivity index (χ1n) is 3.71. The molecule has 0 saturated heterocycles. The Morgan fingerprint density at radius 3 is 2.40 bits per heavy atom. The van der Waals surface area contributed by atoms with Crippen molar-refractivity contribution in [3.63, 3.8) is 0 Å². The summed E-state index contributed by atoms with van der Waals surface area (Å²) in [5.41, 5.74) is 2.37. The summed E-state index contributed by atoms with van der Waals surface area (Å²) in [6.45, 7) is 10.0. The van der Waals surface area contributed by atoms with Crippen molar-refractivity contribution in [2.45, 2.75) is 27.2 Å². The molecule has 0 bridgehead atoms. The maximum absolute atomic E-state index is 3.86. The van der Waals surface area contributed by atoms with Gasteiger partial charge in [-0.25, -0.2) is 0 Å². The first-order chi connectivity index (χ1) is 4.72. The van der Waals surface area contributed by atoms with Crippen LogP contribution in [0.1, 0.15) is 27.2 Å². The van der Waals surface area contributed by atoms with E-state index in [1.807, 2.05) is 13.8 Å². The molecule has 0 aromatic rings. The van der Waals surface area contributed by atoms with E-state index in [0.717, 1.165) is 12.0 Å². The van der Waals surface area contributed by atoms with E-state index in [4.69, 9.17) is 0 Å². The average molecular weight is 136 g/mol. The fourth-order valence-electron chi connectivity index (χ4n) is 0.730. The van der Waals surface area contributed by atoms with Crippen molar-refractivity contribution in [1.29, 1.82) is 0 Å². The molecule has 0 spiro atoms. The highest BCUT2D eigenvalue weighted by Gasteiger charge is 1.87. The van der Waals surface area contributed by atoms with Crippen molar-refractivity contribution in [3.8, 4) is 0 Å². The summed E-state index contributed by atoms with van der Waals surface area (Å²) in [4.78, 5) is 0. The first kappa shape index (κ1) is 9.22. The zero-order chi connectivity index (χ0) is 7.98. The van der Waals surface area contributed by atoms with E-state index in [1.54, 1.807) is 0 Å². The second-order valence-electron chi connectivity index (χ2n) is 2.33. The minimum Gasteiger partial charge on any atom is -0.0955 e. The summed E-state index contributed by atoms with van der Waals surface area (Å²) in [7, 11) is 0. The van der Waals surface area contributed by atoms with Gasteiger partial charge in [0, 0.05) is 0 Å². The number of allylic oxidation sites excluding steroid dienone is 5. The predicted molar refractivity (Wildman–Crippen MR) is 48.0 cm³/mol. The molecule has 0 fully saturated rings. The summed E-state index contributed by atoms with van der Waals surface area (Å²) in [5, 5.41) is 0. The van der Waals surface area contributed by atoms with E-state index in [0.29, 0.717) is 0 Å². The van der Waals surface area contributed by atoms with Gasteiger partial charge in [-0.15, -0.1) is 0 Å². The van der Waals surface area contributed by atoms with Crippen molar-refractivity contribution >= 4 is 0 Å². The van der Waals surface area contributed by atoms with E-state index in [2.05, 4.69) is 31.7 Å². The third kappa shape index (κ3) is 3.29. The van der Waals surface area contributed by atoms with Gasteiger partial charge < -0.3 is 0 Å². The number of hydrogen-bond donors (Lipinski definition) is 0. The van der Waals surface area contributed by atoms with Crippen LogP contribution in [0.25, 0.3) is 0 Å². The standard InChI is InChI=1S/C10H16/c1-5-7-8-10(6-2)9(3)4/h6-8H,3,5H2,1-2,4H3. The van der Waals surface area contributed by atoms with Crippen LogP contribution in [-0.4, -0.2) is 0 Å². The Labute approximate surface area is 64.0 Å². The molecule has 56 valence electrons. The van der Waals surface area contributed by atoms with Gasteiger partial charge in [0.15, 0.2) is 0 Å². The zero-order valence-corrected chi connectivity index (χ0v) is 7.15. The second-order valence-corrected chi connectivity index (χ2v) is 2.33. The maximum atomic E-state index is 3.86. The quantitative estimate of drug-likeness (QED) is 0.521. The lowest BCUT2D eigenvalue weighted by Crippen LogP contribution is -1.76. The fourth-order valence-corrected chi connectivity index (χ4v) is 0.730. The van der Waals surface area contributed by atoms with E-state index in [-0.39, 0.29) is 0 Å². The first-order valence-corrected chi connectivity index (χ1v) is 3.71. The topological polar surface area (TPSA) is 0 Å². The highest BCUT2D eigenvalue weighted by molar-refractivity contribution is 5.35. The molecule has 0 aliphatic carbocycles. The minimum absolute atomic E-state index is 1.09. The van der Waals surface area contributed by atoms with Crippen LogP contribution in [0.5, 0.6) is 0 Å². The van der Waals surface area contributed by atoms with Crippen molar-refractivity contribution in [2.75, 3.05) is 0 Å². The van der Waals surface area contributed by atoms with Crippen LogP contribution in [0.3, 0.4) is 0 Å². The molecule has 0 rings (SSSR count). The molecule has 0 nitrogen and oxygen atoms in total. The van der Waals surface area contributed by atoms with Crippen LogP contribution in [0.15, 0.2) is 36.0 Å². The molecule has 0 radical (unpaired) electrons. The SMILES string of the molecule is C=C(C)C(C=CCC)=CC. The van der Waals surface area contributed by atoms with Gasteiger partial charge in [-0.3, -0.25) is 0 Å². The smallest absolute Gasteiger partial charge is 0.0279 e. The molecular weight excluding hydrogens is 120 g/mol. The van der Waals surface area contributed by atoms with E-state index < -0.39 is 0 Å². The van der Waals surface area contributed by atoms with Crippen molar-refractivity contribution in [3.05, 3.63) is 36.0 Å². The van der Waals surface area contributed by atoms with E-state index >= 15 is 0 Å². The van der Waals surface area contributed by atoms with Crippen molar-refractivity contribution in [2.24, 2.45) is 0 Å². The second kappa shape index (κ2) is 5.04. The molecule has 0 unspecified atom stereocenters. The Bertz CT molecular complexity index is 159. The lowest BCUT2D eigenvalue weighted by molar-refractivity contribution is 1.22. The lowest BCUT2D eigenvalue weighted by atomic mass is 10.1. The summed E-state index contributed by atoms with van der Waals surface area (Å²) in [5.74, 6) is 0. The van der Waals surface area contributed by atoms with Crippen LogP contribution in [0.4, 0.5) is 0 Å². The van der Waals surface area contributed by atoms with Gasteiger partial charge in [0.1, 0.15) is 0 Å². The number of hydrogen-bond acceptors (Lipinski definition) is 0. The van der Waals surface area contributed by atoms with Gasteiger partial charge in [-0.05, 0) is 25.8 Å². The lowest BCUT2D eigenvalue weighted by Gasteiger charge is -1.96. The Morgan fingerprint density at radius 2 is 2.10 bits per heavy atom. The van der Waals surface area contributed by atoms with Crippen molar-refractivity contribution < 1.29 is 0 Å². The van der Waals surface area contributed by atoms with Gasteiger partial charge in [0.05, 0.1) is 0 Å². The molecule has 0 aromatic carbocycles. The molecule has 0 atom stereocenters. The Hall–Kier alpha value is -0.780.